The van der Waals surface area contributed by atoms with E-state index in [1.807, 2.05) is 0 Å². The van der Waals surface area contributed by atoms with Crippen molar-refractivity contribution in [3.63, 3.8) is 0 Å². The van der Waals surface area contributed by atoms with Gasteiger partial charge >= 0.3 is 0 Å². The van der Waals surface area contributed by atoms with Crippen molar-refractivity contribution in [2.75, 3.05) is 0 Å². The zero-order valence-electron chi connectivity index (χ0n) is 7.82. The molecule has 0 saturated heterocycles. The van der Waals surface area contributed by atoms with E-state index in [0.29, 0.717) is 0 Å². The first-order chi connectivity index (χ1) is 7.63. The van der Waals surface area contributed by atoms with Gasteiger partial charge in [-0.1, -0.05) is 0 Å². The summed E-state index contributed by atoms with van der Waals surface area (Å²) in [6.45, 7) is 0. The molecule has 1 heterocycles. The van der Waals surface area contributed by atoms with Crippen molar-refractivity contribution in [2.24, 2.45) is 0 Å². The van der Waals surface area contributed by atoms with Crippen molar-refractivity contribution >= 4 is 11.6 Å². The Morgan fingerprint density at radius 2 is 1.81 bits per heavy atom. The van der Waals surface area contributed by atoms with E-state index in [9.17, 15) is 8.78 Å². The van der Waals surface area contributed by atoms with Crippen LogP contribution in [0.1, 0.15) is 0 Å². The minimum absolute atomic E-state index is 0.00521. The second-order valence-electron chi connectivity index (χ2n) is 2.87. The van der Waals surface area contributed by atoms with E-state index in [1.54, 1.807) is 0 Å². The molecule has 6 heteroatoms. The van der Waals surface area contributed by atoms with E-state index in [2.05, 4.69) is 9.97 Å². The van der Waals surface area contributed by atoms with E-state index in [4.69, 9.17) is 16.3 Å². The van der Waals surface area contributed by atoms with Crippen LogP contribution >= 0.6 is 11.6 Å². The molecule has 1 aromatic heterocycles. The van der Waals surface area contributed by atoms with Crippen molar-refractivity contribution in [3.05, 3.63) is 47.4 Å². The molecule has 3 nitrogen and oxygen atoms in total. The second-order valence-corrected chi connectivity index (χ2v) is 3.21. The fraction of sp³-hybridized carbons (Fsp3) is 0. The molecule has 0 spiro atoms. The molecule has 0 amide bonds. The Morgan fingerprint density at radius 1 is 1.12 bits per heavy atom. The standard InChI is InChI=1S/C10H5ClF2N2O/c11-10-14-2-1-9(15-10)16-8-4-6(12)3-7(13)5-8/h1-5H. The maximum atomic E-state index is 12.8. The van der Waals surface area contributed by atoms with Crippen LogP contribution < -0.4 is 4.74 Å². The maximum Gasteiger partial charge on any atom is 0.225 e. The van der Waals surface area contributed by atoms with Crippen LogP contribution in [0, 0.1) is 11.6 Å². The first-order valence-corrected chi connectivity index (χ1v) is 4.64. The highest BCUT2D eigenvalue weighted by molar-refractivity contribution is 6.28. The number of aromatic nitrogens is 2. The number of nitrogens with zero attached hydrogens (tertiary/aromatic N) is 2. The number of halogens is 3. The van der Waals surface area contributed by atoms with Crippen LogP contribution in [0.3, 0.4) is 0 Å². The fourth-order valence-corrected chi connectivity index (χ4v) is 1.22. The molecule has 0 unspecified atom stereocenters. The molecule has 0 aliphatic rings. The van der Waals surface area contributed by atoms with E-state index in [0.717, 1.165) is 18.2 Å². The fourth-order valence-electron chi connectivity index (χ4n) is 1.08. The summed E-state index contributed by atoms with van der Waals surface area (Å²) in [6, 6.07) is 4.26. The van der Waals surface area contributed by atoms with Gasteiger partial charge in [0.15, 0.2) is 0 Å². The molecular weight excluding hydrogens is 238 g/mol. The summed E-state index contributed by atoms with van der Waals surface area (Å²) in [5, 5.41) is -0.00521. The SMILES string of the molecule is Fc1cc(F)cc(Oc2ccnc(Cl)n2)c1. The van der Waals surface area contributed by atoms with E-state index in [1.165, 1.54) is 12.3 Å². The van der Waals surface area contributed by atoms with Gasteiger partial charge < -0.3 is 4.74 Å². The third-order valence-electron chi connectivity index (χ3n) is 1.66. The average Bonchev–Trinajstić information content (AvgIpc) is 2.15. The van der Waals surface area contributed by atoms with Crippen LogP contribution in [0.5, 0.6) is 11.6 Å². The smallest absolute Gasteiger partial charge is 0.225 e. The highest BCUT2D eigenvalue weighted by Crippen LogP contribution is 2.21. The van der Waals surface area contributed by atoms with Crippen LogP contribution in [0.25, 0.3) is 0 Å². The first-order valence-electron chi connectivity index (χ1n) is 4.26. The van der Waals surface area contributed by atoms with Gasteiger partial charge in [-0.05, 0) is 11.6 Å². The molecule has 0 atom stereocenters. The summed E-state index contributed by atoms with van der Waals surface area (Å²) in [6.07, 6.45) is 1.38. The summed E-state index contributed by atoms with van der Waals surface area (Å²) in [7, 11) is 0. The Balaban J connectivity index is 2.27. The van der Waals surface area contributed by atoms with Gasteiger partial charge in [0.25, 0.3) is 0 Å². The van der Waals surface area contributed by atoms with E-state index in [-0.39, 0.29) is 16.9 Å². The molecule has 0 saturated carbocycles. The Hall–Kier alpha value is -1.75. The third-order valence-corrected chi connectivity index (χ3v) is 1.84. The normalized spacial score (nSPS) is 10.2. The lowest BCUT2D eigenvalue weighted by Crippen LogP contribution is -1.91. The molecule has 0 N–H and O–H groups in total. The lowest BCUT2D eigenvalue weighted by Gasteiger charge is -2.04. The van der Waals surface area contributed by atoms with Crippen molar-refractivity contribution in [3.8, 4) is 11.6 Å². The van der Waals surface area contributed by atoms with Crippen LogP contribution in [-0.2, 0) is 0 Å². The molecule has 0 bridgehead atoms. The molecule has 2 aromatic rings. The minimum atomic E-state index is -0.727. The highest BCUT2D eigenvalue weighted by atomic mass is 35.5. The first kappa shape index (κ1) is 10.8. The Morgan fingerprint density at radius 3 is 2.44 bits per heavy atom. The summed E-state index contributed by atoms with van der Waals surface area (Å²) >= 11 is 5.52. The number of benzene rings is 1. The van der Waals surface area contributed by atoms with Gasteiger partial charge in [0.1, 0.15) is 17.4 Å². The monoisotopic (exact) mass is 242 g/mol. The number of hydrogen-bond donors (Lipinski definition) is 0. The lowest BCUT2D eigenvalue weighted by molar-refractivity contribution is 0.450. The lowest BCUT2D eigenvalue weighted by atomic mass is 10.3. The van der Waals surface area contributed by atoms with E-state index >= 15 is 0 Å². The molecule has 0 fully saturated rings. The number of hydrogen-bond acceptors (Lipinski definition) is 3. The van der Waals surface area contributed by atoms with Crippen molar-refractivity contribution in [2.45, 2.75) is 0 Å². The molecule has 82 valence electrons. The van der Waals surface area contributed by atoms with Crippen LogP contribution in [-0.4, -0.2) is 9.97 Å². The van der Waals surface area contributed by atoms with Gasteiger partial charge in [0, 0.05) is 30.5 Å². The average molecular weight is 243 g/mol. The largest absolute Gasteiger partial charge is 0.439 e. The van der Waals surface area contributed by atoms with Crippen LogP contribution in [0.2, 0.25) is 5.28 Å². The molecule has 16 heavy (non-hydrogen) atoms. The summed E-state index contributed by atoms with van der Waals surface area (Å²) in [5.74, 6) is -1.33. The van der Waals surface area contributed by atoms with Crippen molar-refractivity contribution < 1.29 is 13.5 Å². The highest BCUT2D eigenvalue weighted by Gasteiger charge is 2.04. The number of ether oxygens (including phenoxy) is 1. The van der Waals surface area contributed by atoms with Gasteiger partial charge in [-0.3, -0.25) is 0 Å². The second kappa shape index (κ2) is 4.40. The zero-order valence-corrected chi connectivity index (χ0v) is 8.58. The minimum Gasteiger partial charge on any atom is -0.439 e. The van der Waals surface area contributed by atoms with Gasteiger partial charge in [-0.15, -0.1) is 0 Å². The summed E-state index contributed by atoms with van der Waals surface area (Å²) in [4.78, 5) is 7.36. The Bertz CT molecular complexity index is 502. The number of rotatable bonds is 2. The van der Waals surface area contributed by atoms with Gasteiger partial charge in [-0.2, -0.15) is 4.98 Å². The maximum absolute atomic E-state index is 12.8. The molecule has 0 aliphatic carbocycles. The van der Waals surface area contributed by atoms with Crippen LogP contribution in [0.4, 0.5) is 8.78 Å². The van der Waals surface area contributed by atoms with Crippen molar-refractivity contribution in [1.29, 1.82) is 0 Å². The predicted molar refractivity (Wildman–Crippen MR) is 53.5 cm³/mol. The summed E-state index contributed by atoms with van der Waals surface area (Å²) in [5.41, 5.74) is 0. The van der Waals surface area contributed by atoms with E-state index < -0.39 is 11.6 Å². The van der Waals surface area contributed by atoms with Gasteiger partial charge in [0.2, 0.25) is 11.2 Å². The molecule has 1 aromatic carbocycles. The zero-order chi connectivity index (χ0) is 11.5. The molecule has 0 radical (unpaired) electrons. The van der Waals surface area contributed by atoms with Crippen LogP contribution in [0.15, 0.2) is 30.5 Å². The Labute approximate surface area is 94.7 Å². The molecule has 0 aliphatic heterocycles. The van der Waals surface area contributed by atoms with Gasteiger partial charge in [-0.25, -0.2) is 13.8 Å². The third kappa shape index (κ3) is 2.64. The Kier molecular flexibility index (Phi) is 2.96. The molecular formula is C10H5ClF2N2O. The summed E-state index contributed by atoms with van der Waals surface area (Å²) < 4.78 is 30.8. The molecule has 2 rings (SSSR count). The van der Waals surface area contributed by atoms with Gasteiger partial charge in [0.05, 0.1) is 0 Å². The quantitative estimate of drug-likeness (QED) is 0.759. The van der Waals surface area contributed by atoms with Crippen molar-refractivity contribution in [1.82, 2.24) is 9.97 Å². The predicted octanol–water partition coefficient (Wildman–Crippen LogP) is 3.20. The topological polar surface area (TPSA) is 35.0 Å².